The fourth-order valence-corrected chi connectivity index (χ4v) is 6.66. The fraction of sp³-hybridized carbons (Fsp3) is 0.773. The Morgan fingerprint density at radius 1 is 1.17 bits per heavy atom. The smallest absolute Gasteiger partial charge is 0.329 e. The molecule has 0 aromatic carbocycles. The Labute approximate surface area is 171 Å². The van der Waals surface area contributed by atoms with Crippen molar-refractivity contribution >= 4 is 23.4 Å². The number of rotatable bonds is 6. The van der Waals surface area contributed by atoms with E-state index >= 15 is 0 Å². The normalized spacial score (nSPS) is 35.8. The number of hydrogen-bond donors (Lipinski definition) is 1. The minimum atomic E-state index is -1.18. The van der Waals surface area contributed by atoms with Crippen molar-refractivity contribution in [2.75, 3.05) is 13.2 Å². The van der Waals surface area contributed by atoms with Crippen molar-refractivity contribution in [3.8, 4) is 6.07 Å². The highest BCUT2D eigenvalue weighted by atomic mass is 16.5. The number of nitrogens with one attached hydrogen (secondary N) is 1. The number of ketones is 1. The second-order valence-corrected chi connectivity index (χ2v) is 9.67. The Morgan fingerprint density at radius 3 is 2.28 bits per heavy atom. The highest BCUT2D eigenvalue weighted by molar-refractivity contribution is 6.06. The first-order valence-corrected chi connectivity index (χ1v) is 10.8. The third-order valence-electron chi connectivity index (χ3n) is 7.52. The number of Topliss-reactive ketones (excluding diaryl/α,β-unsaturated/α-hetero) is 1. The summed E-state index contributed by atoms with van der Waals surface area (Å²) in [6.45, 7) is 1.42. The topological polar surface area (TPSA) is 111 Å². The van der Waals surface area contributed by atoms with Gasteiger partial charge in [-0.3, -0.25) is 9.59 Å². The summed E-state index contributed by atoms with van der Waals surface area (Å²) < 4.78 is 5.19. The summed E-state index contributed by atoms with van der Waals surface area (Å²) >= 11 is 0. The summed E-state index contributed by atoms with van der Waals surface area (Å²) in [7, 11) is 0. The molecule has 5 aliphatic rings. The Hall–Kier alpha value is -2.23. The van der Waals surface area contributed by atoms with Gasteiger partial charge >= 0.3 is 5.97 Å². The minimum absolute atomic E-state index is 0.0620. The molecule has 7 nitrogen and oxygen atoms in total. The van der Waals surface area contributed by atoms with Gasteiger partial charge in [0.1, 0.15) is 12.0 Å². The van der Waals surface area contributed by atoms with Crippen LogP contribution in [0.2, 0.25) is 0 Å². The second-order valence-electron chi connectivity index (χ2n) is 9.67. The predicted octanol–water partition coefficient (Wildman–Crippen LogP) is 2.49. The van der Waals surface area contributed by atoms with Gasteiger partial charge in [-0.05, 0) is 76.0 Å². The van der Waals surface area contributed by atoms with E-state index in [-0.39, 0.29) is 17.0 Å². The molecule has 4 saturated carbocycles. The molecule has 0 spiro atoms. The highest BCUT2D eigenvalue weighted by Crippen LogP contribution is 2.60. The number of hydrogen-bond acceptors (Lipinski definition) is 6. The molecule has 5 fully saturated rings. The number of likely N-dealkylation sites (tertiary alicyclic amines) is 1. The van der Waals surface area contributed by atoms with Crippen molar-refractivity contribution < 1.29 is 19.1 Å². The van der Waals surface area contributed by atoms with Crippen molar-refractivity contribution in [2.45, 2.75) is 64.3 Å². The maximum Gasteiger partial charge on any atom is 0.329 e. The molecule has 0 aromatic heterocycles. The van der Waals surface area contributed by atoms with Gasteiger partial charge in [0.15, 0.2) is 12.4 Å². The molecule has 4 aliphatic carbocycles. The monoisotopic (exact) mass is 399 g/mol. The van der Waals surface area contributed by atoms with Crippen molar-refractivity contribution in [2.24, 2.45) is 29.1 Å². The first kappa shape index (κ1) is 20.1. The molecular formula is C22H29N3O4. The van der Waals surface area contributed by atoms with Gasteiger partial charge in [0.25, 0.3) is 0 Å². The van der Waals surface area contributed by atoms with E-state index in [1.54, 1.807) is 11.0 Å². The Bertz CT molecular complexity index is 748. The summed E-state index contributed by atoms with van der Waals surface area (Å²) in [5, 5.41) is 16.5. The van der Waals surface area contributed by atoms with Gasteiger partial charge in [0.2, 0.25) is 5.91 Å². The third kappa shape index (κ3) is 3.58. The molecule has 0 aromatic rings. The van der Waals surface area contributed by atoms with E-state index in [4.69, 9.17) is 15.4 Å². The van der Waals surface area contributed by atoms with Crippen molar-refractivity contribution in [1.82, 2.24) is 4.90 Å². The average molecular weight is 399 g/mol. The van der Waals surface area contributed by atoms with Gasteiger partial charge in [-0.15, -0.1) is 0 Å². The van der Waals surface area contributed by atoms with Crippen molar-refractivity contribution in [1.29, 1.82) is 10.7 Å². The number of nitrogens with zero attached hydrogens (tertiary/aromatic N) is 2. The molecule has 156 valence electrons. The van der Waals surface area contributed by atoms with Gasteiger partial charge < -0.3 is 15.0 Å². The van der Waals surface area contributed by atoms with E-state index in [9.17, 15) is 14.4 Å². The molecule has 1 unspecified atom stereocenters. The molecule has 1 N–H and O–H groups in total. The summed E-state index contributed by atoms with van der Waals surface area (Å²) in [5.74, 6) is -0.253. The summed E-state index contributed by atoms with van der Waals surface area (Å²) in [6, 6.07) is 1.13. The zero-order valence-corrected chi connectivity index (χ0v) is 17.0. The number of ether oxygens (including phenoxy) is 1. The number of esters is 1. The zero-order valence-electron chi connectivity index (χ0n) is 17.0. The van der Waals surface area contributed by atoms with Crippen LogP contribution in [0.1, 0.15) is 58.3 Å². The van der Waals surface area contributed by atoms with Crippen LogP contribution in [-0.4, -0.2) is 47.5 Å². The summed E-state index contributed by atoms with van der Waals surface area (Å²) in [6.07, 6.45) is 7.94. The van der Waals surface area contributed by atoms with Crippen LogP contribution in [-0.2, 0) is 19.1 Å². The SMILES string of the molecule is CC(=N)C(C#N)C(=O)COC(=O)[C@@H]1CCCN1C(=O)C12CC3CC(CC(C3)C1)C2. The lowest BCUT2D eigenvalue weighted by atomic mass is 9.49. The highest BCUT2D eigenvalue weighted by Gasteiger charge is 2.57. The van der Waals surface area contributed by atoms with Gasteiger partial charge in [-0.25, -0.2) is 4.79 Å². The second kappa shape index (κ2) is 7.55. The molecule has 1 amide bonds. The van der Waals surface area contributed by atoms with E-state index in [2.05, 4.69) is 0 Å². The molecule has 2 atom stereocenters. The van der Waals surface area contributed by atoms with Crippen LogP contribution in [0.25, 0.3) is 0 Å². The quantitative estimate of drug-likeness (QED) is 0.545. The molecule has 4 bridgehead atoms. The molecule has 1 saturated heterocycles. The first-order chi connectivity index (χ1) is 13.8. The molecule has 1 heterocycles. The van der Waals surface area contributed by atoms with E-state index < -0.39 is 30.3 Å². The largest absolute Gasteiger partial charge is 0.456 e. The maximum absolute atomic E-state index is 13.6. The zero-order chi connectivity index (χ0) is 20.8. The number of nitriles is 1. The molecule has 0 radical (unpaired) electrons. The average Bonchev–Trinajstić information content (AvgIpc) is 3.14. The van der Waals surface area contributed by atoms with Crippen molar-refractivity contribution in [3.63, 3.8) is 0 Å². The predicted molar refractivity (Wildman–Crippen MR) is 104 cm³/mol. The summed E-state index contributed by atoms with van der Waals surface area (Å²) in [5.41, 5.74) is -0.357. The number of carbonyl (C=O) groups excluding carboxylic acids is 3. The lowest BCUT2D eigenvalue weighted by Crippen LogP contribution is -2.56. The number of amides is 1. The fourth-order valence-electron chi connectivity index (χ4n) is 6.66. The standard InChI is InChI=1S/C22H29N3O4/c1-13(24)17(11-23)19(26)12-29-20(27)18-3-2-4-25(18)21(28)22-8-14-5-15(9-22)7-16(6-14)10-22/h14-18,24H,2-10,12H2,1H3/t14?,15?,16?,17?,18-,22?/m0/s1. The lowest BCUT2D eigenvalue weighted by Gasteiger charge is -2.56. The van der Waals surface area contributed by atoms with Gasteiger partial charge in [0, 0.05) is 12.3 Å². The van der Waals surface area contributed by atoms with Crippen LogP contribution in [0.5, 0.6) is 0 Å². The van der Waals surface area contributed by atoms with Crippen LogP contribution < -0.4 is 0 Å². The Kier molecular flexibility index (Phi) is 5.22. The first-order valence-electron chi connectivity index (χ1n) is 10.8. The van der Waals surface area contributed by atoms with Gasteiger partial charge in [-0.1, -0.05) is 0 Å². The van der Waals surface area contributed by atoms with Crippen molar-refractivity contribution in [3.05, 3.63) is 0 Å². The number of carbonyl (C=O) groups is 3. The van der Waals surface area contributed by atoms with Gasteiger partial charge in [-0.2, -0.15) is 5.26 Å². The molecular weight excluding hydrogens is 370 g/mol. The maximum atomic E-state index is 13.6. The Balaban J connectivity index is 1.41. The molecule has 7 heteroatoms. The lowest BCUT2D eigenvalue weighted by molar-refractivity contribution is -0.166. The van der Waals surface area contributed by atoms with Gasteiger partial charge in [0.05, 0.1) is 11.5 Å². The Morgan fingerprint density at radius 2 is 1.76 bits per heavy atom. The van der Waals surface area contributed by atoms with Crippen LogP contribution in [0.15, 0.2) is 0 Å². The third-order valence-corrected chi connectivity index (χ3v) is 7.52. The summed E-state index contributed by atoms with van der Waals surface area (Å²) in [4.78, 5) is 40.0. The van der Waals surface area contributed by atoms with Crippen LogP contribution >= 0.6 is 0 Å². The van der Waals surface area contributed by atoms with E-state index in [1.165, 1.54) is 26.2 Å². The molecule has 1 aliphatic heterocycles. The molecule has 5 rings (SSSR count). The van der Waals surface area contributed by atoms with Crippen LogP contribution in [0.4, 0.5) is 0 Å². The van der Waals surface area contributed by atoms with Crippen LogP contribution in [0.3, 0.4) is 0 Å². The molecule has 29 heavy (non-hydrogen) atoms. The van der Waals surface area contributed by atoms with E-state index in [0.717, 1.165) is 25.7 Å². The van der Waals surface area contributed by atoms with Crippen LogP contribution in [0, 0.1) is 45.8 Å². The minimum Gasteiger partial charge on any atom is -0.456 e. The van der Waals surface area contributed by atoms with E-state index in [1.807, 2.05) is 0 Å². The van der Waals surface area contributed by atoms with E-state index in [0.29, 0.717) is 30.7 Å².